The number of rotatable bonds is 7. The Morgan fingerprint density at radius 1 is 0.969 bits per heavy atom. The van der Waals surface area contributed by atoms with Gasteiger partial charge in [0.2, 0.25) is 5.91 Å². The molecule has 1 amide bonds. The molecule has 5 nitrogen and oxygen atoms in total. The number of aromatic nitrogens is 1. The van der Waals surface area contributed by atoms with E-state index in [1.165, 1.54) is 11.1 Å². The Hall–Kier alpha value is -3.18. The van der Waals surface area contributed by atoms with Crippen molar-refractivity contribution < 1.29 is 9.53 Å². The van der Waals surface area contributed by atoms with Crippen LogP contribution in [-0.2, 0) is 17.8 Å². The molecule has 3 aromatic rings. The van der Waals surface area contributed by atoms with Gasteiger partial charge in [0.25, 0.3) is 0 Å². The molecule has 32 heavy (non-hydrogen) atoms. The standard InChI is InChI=1S/C27H31N3O2/c1-3-30-17-16-29(19-23-9-5-7-11-26(23)32-2)20-24(27(30)31)18-22-8-4-6-10-25(22)21-12-14-28-15-13-21/h4-15,24H,3,16-20H2,1-2H3/t24-/m0/s1. The van der Waals surface area contributed by atoms with Crippen molar-refractivity contribution in [3.8, 4) is 16.9 Å². The largest absolute Gasteiger partial charge is 0.496 e. The number of carbonyl (C=O) groups excluding carboxylic acids is 1. The summed E-state index contributed by atoms with van der Waals surface area (Å²) in [7, 11) is 1.71. The number of amides is 1. The van der Waals surface area contributed by atoms with Crippen LogP contribution >= 0.6 is 0 Å². The highest BCUT2D eigenvalue weighted by Crippen LogP contribution is 2.28. The molecule has 166 valence electrons. The van der Waals surface area contributed by atoms with Crippen LogP contribution < -0.4 is 4.74 Å². The first-order chi connectivity index (χ1) is 15.7. The maximum atomic E-state index is 13.4. The summed E-state index contributed by atoms with van der Waals surface area (Å²) in [6.45, 7) is 5.93. The van der Waals surface area contributed by atoms with Gasteiger partial charge in [-0.3, -0.25) is 14.7 Å². The van der Waals surface area contributed by atoms with Crippen LogP contribution in [0.4, 0.5) is 0 Å². The maximum absolute atomic E-state index is 13.4. The summed E-state index contributed by atoms with van der Waals surface area (Å²) in [6.07, 6.45) is 4.35. The first-order valence-electron chi connectivity index (χ1n) is 11.3. The first kappa shape index (κ1) is 22.0. The molecule has 4 rings (SSSR count). The molecule has 0 bridgehead atoms. The SMILES string of the molecule is CCN1CCN(Cc2ccccc2OC)C[C@H](Cc2ccccc2-c2ccncc2)C1=O. The van der Waals surface area contributed by atoms with Crippen molar-refractivity contribution >= 4 is 5.91 Å². The van der Waals surface area contributed by atoms with Gasteiger partial charge in [0.15, 0.2) is 0 Å². The molecule has 2 aromatic carbocycles. The molecule has 1 atom stereocenters. The van der Waals surface area contributed by atoms with Crippen LogP contribution in [-0.4, -0.2) is 54.0 Å². The van der Waals surface area contributed by atoms with E-state index in [1.807, 2.05) is 47.6 Å². The lowest BCUT2D eigenvalue weighted by Crippen LogP contribution is -2.37. The Morgan fingerprint density at radius 3 is 2.44 bits per heavy atom. The summed E-state index contributed by atoms with van der Waals surface area (Å²) >= 11 is 0. The van der Waals surface area contributed by atoms with Gasteiger partial charge in [-0.15, -0.1) is 0 Å². The molecule has 1 aliphatic rings. The zero-order valence-corrected chi connectivity index (χ0v) is 18.9. The fourth-order valence-electron chi connectivity index (χ4n) is 4.57. The summed E-state index contributed by atoms with van der Waals surface area (Å²) in [5, 5.41) is 0. The van der Waals surface area contributed by atoms with E-state index in [4.69, 9.17) is 4.74 Å². The summed E-state index contributed by atoms with van der Waals surface area (Å²) in [6, 6.07) is 20.6. The van der Waals surface area contributed by atoms with Crippen LogP contribution in [0.25, 0.3) is 11.1 Å². The van der Waals surface area contributed by atoms with Gasteiger partial charge in [-0.05, 0) is 48.2 Å². The number of hydrogen-bond donors (Lipinski definition) is 0. The number of ether oxygens (including phenoxy) is 1. The first-order valence-corrected chi connectivity index (χ1v) is 11.3. The second-order valence-corrected chi connectivity index (χ2v) is 8.26. The van der Waals surface area contributed by atoms with Crippen molar-refractivity contribution in [1.82, 2.24) is 14.8 Å². The van der Waals surface area contributed by atoms with E-state index < -0.39 is 0 Å². The van der Waals surface area contributed by atoms with Gasteiger partial charge in [-0.25, -0.2) is 0 Å². The van der Waals surface area contributed by atoms with E-state index in [-0.39, 0.29) is 11.8 Å². The van der Waals surface area contributed by atoms with E-state index in [2.05, 4.69) is 47.1 Å². The van der Waals surface area contributed by atoms with Gasteiger partial charge in [0, 0.05) is 50.7 Å². The molecule has 1 aromatic heterocycles. The Kier molecular flexibility index (Phi) is 7.17. The third-order valence-corrected chi connectivity index (χ3v) is 6.27. The maximum Gasteiger partial charge on any atom is 0.227 e. The van der Waals surface area contributed by atoms with Gasteiger partial charge in [-0.2, -0.15) is 0 Å². The van der Waals surface area contributed by atoms with Gasteiger partial charge in [-0.1, -0.05) is 42.5 Å². The van der Waals surface area contributed by atoms with Gasteiger partial charge in [0.1, 0.15) is 5.75 Å². The van der Waals surface area contributed by atoms with E-state index in [1.54, 1.807) is 7.11 Å². The van der Waals surface area contributed by atoms with E-state index in [0.29, 0.717) is 0 Å². The van der Waals surface area contributed by atoms with Gasteiger partial charge >= 0.3 is 0 Å². The van der Waals surface area contributed by atoms with Crippen molar-refractivity contribution in [1.29, 1.82) is 0 Å². The van der Waals surface area contributed by atoms with Crippen LogP contribution in [0.2, 0.25) is 0 Å². The molecular formula is C27H31N3O2. The highest BCUT2D eigenvalue weighted by molar-refractivity contribution is 5.80. The zero-order valence-electron chi connectivity index (χ0n) is 18.9. The van der Waals surface area contributed by atoms with Gasteiger partial charge in [0.05, 0.1) is 13.0 Å². The summed E-state index contributed by atoms with van der Waals surface area (Å²) in [5.41, 5.74) is 4.66. The molecule has 1 saturated heterocycles. The third kappa shape index (κ3) is 5.00. The predicted octanol–water partition coefficient (Wildman–Crippen LogP) is 4.28. The van der Waals surface area contributed by atoms with Crippen LogP contribution in [0.5, 0.6) is 5.75 Å². The second-order valence-electron chi connectivity index (χ2n) is 8.26. The Morgan fingerprint density at radius 2 is 1.69 bits per heavy atom. The minimum atomic E-state index is -0.0878. The lowest BCUT2D eigenvalue weighted by Gasteiger charge is -2.25. The molecule has 1 aliphatic heterocycles. The van der Waals surface area contributed by atoms with Crippen molar-refractivity contribution in [2.45, 2.75) is 19.9 Å². The quantitative estimate of drug-likeness (QED) is 0.562. The van der Waals surface area contributed by atoms with Gasteiger partial charge < -0.3 is 9.64 Å². The number of pyridine rings is 1. The lowest BCUT2D eigenvalue weighted by molar-refractivity contribution is -0.134. The molecule has 5 heteroatoms. The number of methoxy groups -OCH3 is 1. The summed E-state index contributed by atoms with van der Waals surface area (Å²) in [4.78, 5) is 22.0. The van der Waals surface area contributed by atoms with Crippen LogP contribution in [0.1, 0.15) is 18.1 Å². The molecule has 0 radical (unpaired) electrons. The molecule has 0 unspecified atom stereocenters. The molecule has 2 heterocycles. The number of carbonyl (C=O) groups is 1. The number of hydrogen-bond acceptors (Lipinski definition) is 4. The second kappa shape index (κ2) is 10.4. The van der Waals surface area contributed by atoms with E-state index in [0.717, 1.165) is 56.0 Å². The number of likely N-dealkylation sites (N-methyl/N-ethyl adjacent to an activating group) is 1. The highest BCUT2D eigenvalue weighted by Gasteiger charge is 2.30. The van der Waals surface area contributed by atoms with Crippen molar-refractivity contribution in [2.24, 2.45) is 5.92 Å². The van der Waals surface area contributed by atoms with Crippen LogP contribution in [0.15, 0.2) is 73.1 Å². The smallest absolute Gasteiger partial charge is 0.227 e. The zero-order chi connectivity index (χ0) is 22.3. The topological polar surface area (TPSA) is 45.7 Å². The minimum absolute atomic E-state index is 0.0878. The Balaban J connectivity index is 1.60. The van der Waals surface area contributed by atoms with E-state index >= 15 is 0 Å². The molecule has 0 saturated carbocycles. The monoisotopic (exact) mass is 429 g/mol. The van der Waals surface area contributed by atoms with Crippen molar-refractivity contribution in [3.63, 3.8) is 0 Å². The average Bonchev–Trinajstić information content (AvgIpc) is 2.98. The number of nitrogens with zero attached hydrogens (tertiary/aromatic N) is 3. The van der Waals surface area contributed by atoms with Crippen LogP contribution in [0.3, 0.4) is 0 Å². The Labute approximate surface area is 190 Å². The molecule has 1 fully saturated rings. The number of benzene rings is 2. The fourth-order valence-corrected chi connectivity index (χ4v) is 4.57. The van der Waals surface area contributed by atoms with Crippen LogP contribution in [0, 0.1) is 5.92 Å². The molecule has 0 aliphatic carbocycles. The van der Waals surface area contributed by atoms with Crippen molar-refractivity contribution in [3.05, 3.63) is 84.2 Å². The lowest BCUT2D eigenvalue weighted by atomic mass is 9.91. The third-order valence-electron chi connectivity index (χ3n) is 6.27. The normalized spacial score (nSPS) is 17.2. The predicted molar refractivity (Wildman–Crippen MR) is 127 cm³/mol. The molecule has 0 N–H and O–H groups in total. The molecule has 0 spiro atoms. The van der Waals surface area contributed by atoms with E-state index in [9.17, 15) is 4.79 Å². The van der Waals surface area contributed by atoms with Crippen molar-refractivity contribution in [2.75, 3.05) is 33.3 Å². The highest BCUT2D eigenvalue weighted by atomic mass is 16.5. The summed E-state index contributed by atoms with van der Waals surface area (Å²) in [5.74, 6) is 1.06. The number of para-hydroxylation sites is 1. The summed E-state index contributed by atoms with van der Waals surface area (Å²) < 4.78 is 5.56. The minimum Gasteiger partial charge on any atom is -0.496 e. The molecular weight excluding hydrogens is 398 g/mol. The Bertz CT molecular complexity index is 1040. The fraction of sp³-hybridized carbons (Fsp3) is 0.333. The average molecular weight is 430 g/mol.